The molecule has 2 aromatic heterocycles. The lowest BCUT2D eigenvalue weighted by Gasteiger charge is -2.38. The predicted octanol–water partition coefficient (Wildman–Crippen LogP) is 2.54. The van der Waals surface area contributed by atoms with Crippen LogP contribution in [0.5, 0.6) is 0 Å². The molecule has 1 fully saturated rings. The number of benzene rings is 1. The van der Waals surface area contributed by atoms with Crippen LogP contribution in [0.4, 0.5) is 0 Å². The summed E-state index contributed by atoms with van der Waals surface area (Å²) in [6.07, 6.45) is 8.71. The zero-order chi connectivity index (χ0) is 18.1. The topological polar surface area (TPSA) is 65.1 Å². The first-order valence-corrected chi connectivity index (χ1v) is 8.90. The largest absolute Gasteiger partial charge is 0.361 e. The molecule has 1 aliphatic heterocycles. The highest BCUT2D eigenvalue weighted by Crippen LogP contribution is 2.40. The maximum Gasteiger partial charge on any atom is 0.248 e. The van der Waals surface area contributed by atoms with E-state index in [4.69, 9.17) is 0 Å². The number of hydrogen-bond donors (Lipinski definition) is 1. The molecule has 0 bridgehead atoms. The molecule has 1 saturated heterocycles. The van der Waals surface area contributed by atoms with Crippen molar-refractivity contribution in [2.45, 2.75) is 24.9 Å². The number of amides is 1. The summed E-state index contributed by atoms with van der Waals surface area (Å²) in [6.45, 7) is 1.56. The first kappa shape index (κ1) is 16.7. The van der Waals surface area contributed by atoms with Crippen LogP contribution in [-0.2, 0) is 16.9 Å². The normalized spacial score (nSPS) is 20.5. The van der Waals surface area contributed by atoms with Crippen LogP contribution >= 0.6 is 0 Å². The van der Waals surface area contributed by atoms with Crippen LogP contribution in [0.2, 0.25) is 0 Å². The molecule has 6 nitrogen and oxygen atoms in total. The average molecular weight is 349 g/mol. The highest BCUT2D eigenvalue weighted by molar-refractivity contribution is 5.87. The molecule has 1 amide bonds. The molecule has 1 atom stereocenters. The van der Waals surface area contributed by atoms with E-state index in [2.05, 4.69) is 44.1 Å². The van der Waals surface area contributed by atoms with Gasteiger partial charge in [-0.15, -0.1) is 0 Å². The van der Waals surface area contributed by atoms with Gasteiger partial charge >= 0.3 is 0 Å². The minimum Gasteiger partial charge on any atom is -0.361 e. The second-order valence-corrected chi connectivity index (χ2v) is 7.07. The van der Waals surface area contributed by atoms with Gasteiger partial charge < -0.3 is 9.88 Å². The molecule has 1 unspecified atom stereocenters. The van der Waals surface area contributed by atoms with Crippen LogP contribution < -0.4 is 0 Å². The molecule has 6 heteroatoms. The number of hydrogen-bond acceptors (Lipinski definition) is 4. The first-order valence-electron chi connectivity index (χ1n) is 8.90. The van der Waals surface area contributed by atoms with Gasteiger partial charge in [0.1, 0.15) is 5.54 Å². The Kier molecular flexibility index (Phi) is 4.20. The Bertz CT molecular complexity index is 920. The SMILES string of the molecule is CN(C)C(=O)C1(c2cnccn2)CCCN1Cc1ccc2cc[nH]c2c1. The summed E-state index contributed by atoms with van der Waals surface area (Å²) in [4.78, 5) is 29.2. The first-order chi connectivity index (χ1) is 12.6. The summed E-state index contributed by atoms with van der Waals surface area (Å²) in [6, 6.07) is 8.48. The van der Waals surface area contributed by atoms with Crippen molar-refractivity contribution < 1.29 is 4.79 Å². The Morgan fingerprint density at radius 1 is 1.31 bits per heavy atom. The number of aromatic amines is 1. The second-order valence-electron chi connectivity index (χ2n) is 7.07. The zero-order valence-corrected chi connectivity index (χ0v) is 15.1. The van der Waals surface area contributed by atoms with Gasteiger partial charge in [0.15, 0.2) is 0 Å². The number of carbonyl (C=O) groups is 1. The Morgan fingerprint density at radius 2 is 2.19 bits per heavy atom. The molecule has 0 spiro atoms. The van der Waals surface area contributed by atoms with Crippen molar-refractivity contribution in [1.29, 1.82) is 0 Å². The highest BCUT2D eigenvalue weighted by Gasteiger charge is 2.50. The second kappa shape index (κ2) is 6.53. The molecule has 0 saturated carbocycles. The smallest absolute Gasteiger partial charge is 0.248 e. The number of nitrogens with zero attached hydrogens (tertiary/aromatic N) is 4. The van der Waals surface area contributed by atoms with E-state index in [0.29, 0.717) is 6.54 Å². The van der Waals surface area contributed by atoms with E-state index in [1.807, 2.05) is 20.3 Å². The monoisotopic (exact) mass is 349 g/mol. The molecule has 134 valence electrons. The summed E-state index contributed by atoms with van der Waals surface area (Å²) in [5.74, 6) is 0.0662. The fourth-order valence-electron chi connectivity index (χ4n) is 4.03. The van der Waals surface area contributed by atoms with Gasteiger partial charge in [0, 0.05) is 44.7 Å². The van der Waals surface area contributed by atoms with E-state index >= 15 is 0 Å². The maximum atomic E-state index is 13.2. The minimum atomic E-state index is -0.748. The van der Waals surface area contributed by atoms with Gasteiger partial charge in [0.2, 0.25) is 5.91 Å². The van der Waals surface area contributed by atoms with Gasteiger partial charge in [-0.05, 0) is 42.5 Å². The number of H-pyrrole nitrogens is 1. The quantitative estimate of drug-likeness (QED) is 0.786. The summed E-state index contributed by atoms with van der Waals surface area (Å²) in [7, 11) is 3.61. The zero-order valence-electron chi connectivity index (χ0n) is 15.1. The summed E-state index contributed by atoms with van der Waals surface area (Å²) >= 11 is 0. The molecular weight excluding hydrogens is 326 g/mol. The van der Waals surface area contributed by atoms with E-state index in [1.165, 1.54) is 10.9 Å². The maximum absolute atomic E-state index is 13.2. The molecule has 26 heavy (non-hydrogen) atoms. The van der Waals surface area contributed by atoms with Crippen LogP contribution in [0, 0.1) is 0 Å². The molecule has 0 radical (unpaired) electrons. The number of nitrogens with one attached hydrogen (secondary N) is 1. The van der Waals surface area contributed by atoms with Gasteiger partial charge in [0.05, 0.1) is 11.9 Å². The summed E-state index contributed by atoms with van der Waals surface area (Å²) in [5.41, 5.74) is 2.28. The van der Waals surface area contributed by atoms with E-state index in [1.54, 1.807) is 23.5 Å². The molecule has 1 aliphatic rings. The Balaban J connectivity index is 1.74. The third-order valence-corrected chi connectivity index (χ3v) is 5.25. The number of likely N-dealkylation sites (tertiary alicyclic amines) is 1. The van der Waals surface area contributed by atoms with Crippen molar-refractivity contribution >= 4 is 16.8 Å². The molecule has 0 aliphatic carbocycles. The number of likely N-dealkylation sites (N-methyl/N-ethyl adjacent to an activating group) is 1. The standard InChI is InChI=1S/C20H23N5O/c1-24(2)19(26)20(18-13-21-9-10-23-18)7-3-11-25(20)14-15-4-5-16-6-8-22-17(16)12-15/h4-6,8-10,12-13,22H,3,7,11,14H2,1-2H3. The molecule has 4 rings (SSSR count). The Morgan fingerprint density at radius 3 is 2.96 bits per heavy atom. The number of fused-ring (bicyclic) bond motifs is 1. The van der Waals surface area contributed by atoms with E-state index in [0.717, 1.165) is 30.6 Å². The van der Waals surface area contributed by atoms with Crippen LogP contribution in [0.3, 0.4) is 0 Å². The van der Waals surface area contributed by atoms with Crippen LogP contribution in [0.15, 0.2) is 49.1 Å². The van der Waals surface area contributed by atoms with Gasteiger partial charge in [0.25, 0.3) is 0 Å². The van der Waals surface area contributed by atoms with Gasteiger partial charge in [-0.2, -0.15) is 0 Å². The fraction of sp³-hybridized carbons (Fsp3) is 0.350. The third kappa shape index (κ3) is 2.66. The Hall–Kier alpha value is -2.73. The van der Waals surface area contributed by atoms with Gasteiger partial charge in [-0.3, -0.25) is 19.7 Å². The fourth-order valence-corrected chi connectivity index (χ4v) is 4.03. The molecule has 3 aromatic rings. The lowest BCUT2D eigenvalue weighted by molar-refractivity contribution is -0.141. The van der Waals surface area contributed by atoms with Crippen LogP contribution in [0.25, 0.3) is 10.9 Å². The number of aromatic nitrogens is 3. The van der Waals surface area contributed by atoms with Crippen molar-refractivity contribution in [3.63, 3.8) is 0 Å². The van der Waals surface area contributed by atoms with E-state index in [-0.39, 0.29) is 5.91 Å². The van der Waals surface area contributed by atoms with Crippen molar-refractivity contribution in [3.8, 4) is 0 Å². The molecule has 3 heterocycles. The van der Waals surface area contributed by atoms with Crippen molar-refractivity contribution in [2.75, 3.05) is 20.6 Å². The Labute approximate surface area is 152 Å². The minimum absolute atomic E-state index is 0.0662. The van der Waals surface area contributed by atoms with Crippen molar-refractivity contribution in [3.05, 3.63) is 60.3 Å². The van der Waals surface area contributed by atoms with Gasteiger partial charge in [-0.1, -0.05) is 12.1 Å². The average Bonchev–Trinajstić information content (AvgIpc) is 3.29. The molecule has 1 N–H and O–H groups in total. The van der Waals surface area contributed by atoms with Gasteiger partial charge in [-0.25, -0.2) is 0 Å². The van der Waals surface area contributed by atoms with E-state index < -0.39 is 5.54 Å². The number of carbonyl (C=O) groups excluding carboxylic acids is 1. The summed E-state index contributed by atoms with van der Waals surface area (Å²) in [5, 5.41) is 1.19. The van der Waals surface area contributed by atoms with Crippen molar-refractivity contribution in [2.24, 2.45) is 0 Å². The lowest BCUT2D eigenvalue weighted by Crippen LogP contribution is -2.52. The highest BCUT2D eigenvalue weighted by atomic mass is 16.2. The van der Waals surface area contributed by atoms with E-state index in [9.17, 15) is 4.79 Å². The predicted molar refractivity (Wildman–Crippen MR) is 100 cm³/mol. The summed E-state index contributed by atoms with van der Waals surface area (Å²) < 4.78 is 0. The molecule has 1 aromatic carbocycles. The lowest BCUT2D eigenvalue weighted by atomic mass is 9.90. The number of rotatable bonds is 4. The third-order valence-electron chi connectivity index (χ3n) is 5.25. The van der Waals surface area contributed by atoms with Crippen LogP contribution in [0.1, 0.15) is 24.1 Å². The molecular formula is C20H23N5O. The van der Waals surface area contributed by atoms with Crippen LogP contribution in [-0.4, -0.2) is 51.3 Å². The van der Waals surface area contributed by atoms with Crippen molar-refractivity contribution in [1.82, 2.24) is 24.8 Å².